The molecular formula is C14H12F2N4OS. The lowest BCUT2D eigenvalue weighted by Crippen LogP contribution is -2.02. The van der Waals surface area contributed by atoms with Crippen LogP contribution in [0.25, 0.3) is 0 Å². The molecule has 0 saturated heterocycles. The van der Waals surface area contributed by atoms with Crippen molar-refractivity contribution in [1.82, 2.24) is 9.97 Å². The second kappa shape index (κ2) is 7.04. The number of ether oxygens (including phenoxy) is 1. The first-order valence-corrected chi connectivity index (χ1v) is 7.11. The average molecular weight is 322 g/mol. The Labute approximate surface area is 130 Å². The number of thioether (sulfide) groups is 1. The zero-order valence-electron chi connectivity index (χ0n) is 11.5. The normalized spacial score (nSPS) is 12.0. The van der Waals surface area contributed by atoms with Gasteiger partial charge in [0.1, 0.15) is 23.2 Å². The molecule has 1 aromatic carbocycles. The molecule has 1 aromatic heterocycles. The molecule has 0 amide bonds. The van der Waals surface area contributed by atoms with Gasteiger partial charge >= 0.3 is 6.61 Å². The third-order valence-corrected chi connectivity index (χ3v) is 3.81. The van der Waals surface area contributed by atoms with Gasteiger partial charge in [-0.25, -0.2) is 9.97 Å². The van der Waals surface area contributed by atoms with Crippen molar-refractivity contribution in [3.8, 4) is 11.8 Å². The van der Waals surface area contributed by atoms with E-state index in [0.29, 0.717) is 5.16 Å². The number of anilines is 1. The molecule has 5 nitrogen and oxygen atoms in total. The van der Waals surface area contributed by atoms with E-state index in [-0.39, 0.29) is 22.4 Å². The minimum atomic E-state index is -2.84. The molecule has 114 valence electrons. The van der Waals surface area contributed by atoms with Crippen molar-refractivity contribution in [3.05, 3.63) is 41.6 Å². The first-order chi connectivity index (χ1) is 10.5. The van der Waals surface area contributed by atoms with Crippen LogP contribution in [0.4, 0.5) is 14.6 Å². The lowest BCUT2D eigenvalue weighted by Gasteiger charge is -2.12. The Morgan fingerprint density at radius 3 is 2.55 bits per heavy atom. The highest BCUT2D eigenvalue weighted by molar-refractivity contribution is 7.99. The highest BCUT2D eigenvalue weighted by atomic mass is 32.2. The summed E-state index contributed by atoms with van der Waals surface area (Å²) in [4.78, 5) is 8.11. The smallest absolute Gasteiger partial charge is 0.387 e. The van der Waals surface area contributed by atoms with Crippen molar-refractivity contribution in [2.75, 3.05) is 5.73 Å². The number of rotatable bonds is 5. The van der Waals surface area contributed by atoms with Gasteiger partial charge in [-0.05, 0) is 24.6 Å². The van der Waals surface area contributed by atoms with Crippen LogP contribution in [-0.2, 0) is 0 Å². The van der Waals surface area contributed by atoms with E-state index in [1.807, 2.05) is 13.0 Å². The predicted octanol–water partition coefficient (Wildman–Crippen LogP) is 3.39. The third kappa shape index (κ3) is 4.05. The number of aromatic nitrogens is 2. The van der Waals surface area contributed by atoms with Gasteiger partial charge in [0.05, 0.1) is 6.20 Å². The summed E-state index contributed by atoms with van der Waals surface area (Å²) in [6, 6.07) is 8.25. The average Bonchev–Trinajstić information content (AvgIpc) is 2.47. The molecule has 0 bridgehead atoms. The molecule has 0 saturated carbocycles. The second-order valence-corrected chi connectivity index (χ2v) is 5.58. The Kier molecular flexibility index (Phi) is 5.12. The Balaban J connectivity index is 2.07. The number of halogens is 2. The Bertz CT molecular complexity index is 688. The number of nitrogen functional groups attached to an aromatic ring is 1. The SMILES string of the molecule is C[C@@H](Sc1ncc(C#N)c(N)n1)c1ccc(OC(F)F)cc1. The molecular weight excluding hydrogens is 310 g/mol. The molecule has 0 radical (unpaired) electrons. The van der Waals surface area contributed by atoms with Crippen molar-refractivity contribution >= 4 is 17.6 Å². The summed E-state index contributed by atoms with van der Waals surface area (Å²) in [6.07, 6.45) is 1.37. The fourth-order valence-corrected chi connectivity index (χ4v) is 2.54. The van der Waals surface area contributed by atoms with Crippen LogP contribution in [0.15, 0.2) is 35.6 Å². The van der Waals surface area contributed by atoms with E-state index < -0.39 is 6.61 Å². The molecule has 0 aliphatic rings. The van der Waals surface area contributed by atoms with Crippen LogP contribution >= 0.6 is 11.8 Å². The first-order valence-electron chi connectivity index (χ1n) is 6.23. The molecule has 2 rings (SSSR count). The van der Waals surface area contributed by atoms with Gasteiger partial charge < -0.3 is 10.5 Å². The van der Waals surface area contributed by atoms with E-state index in [0.717, 1.165) is 5.56 Å². The van der Waals surface area contributed by atoms with Gasteiger partial charge in [-0.3, -0.25) is 0 Å². The van der Waals surface area contributed by atoms with Crippen LogP contribution < -0.4 is 10.5 Å². The van der Waals surface area contributed by atoms with Gasteiger partial charge in [-0.15, -0.1) is 0 Å². The number of nitriles is 1. The molecule has 0 spiro atoms. The molecule has 0 unspecified atom stereocenters. The molecule has 1 atom stereocenters. The van der Waals surface area contributed by atoms with Crippen molar-refractivity contribution < 1.29 is 13.5 Å². The minimum absolute atomic E-state index is 0.0204. The standard InChI is InChI=1S/C14H12F2N4OS/c1-8(9-2-4-11(5-3-9)21-13(15)16)22-14-19-7-10(6-17)12(18)20-14/h2-5,7-8,13H,1H3,(H2,18,19,20)/t8-/m1/s1. The summed E-state index contributed by atoms with van der Waals surface area (Å²) < 4.78 is 28.5. The molecule has 22 heavy (non-hydrogen) atoms. The zero-order valence-corrected chi connectivity index (χ0v) is 12.3. The predicted molar refractivity (Wildman–Crippen MR) is 78.5 cm³/mol. The van der Waals surface area contributed by atoms with Gasteiger partial charge in [0, 0.05) is 5.25 Å². The fourth-order valence-electron chi connectivity index (χ4n) is 1.67. The van der Waals surface area contributed by atoms with Crippen molar-refractivity contribution in [2.45, 2.75) is 23.9 Å². The molecule has 0 fully saturated rings. The van der Waals surface area contributed by atoms with E-state index in [9.17, 15) is 8.78 Å². The number of nitrogens with two attached hydrogens (primary N) is 1. The summed E-state index contributed by atoms with van der Waals surface area (Å²) in [7, 11) is 0. The Morgan fingerprint density at radius 2 is 2.00 bits per heavy atom. The van der Waals surface area contributed by atoms with E-state index >= 15 is 0 Å². The van der Waals surface area contributed by atoms with E-state index in [2.05, 4.69) is 14.7 Å². The molecule has 0 aliphatic carbocycles. The molecule has 1 heterocycles. The van der Waals surface area contributed by atoms with Crippen molar-refractivity contribution in [3.63, 3.8) is 0 Å². The number of alkyl halides is 2. The summed E-state index contributed by atoms with van der Waals surface area (Å²) in [5.74, 6) is 0.239. The van der Waals surface area contributed by atoms with E-state index in [1.165, 1.54) is 30.1 Å². The Hall–Kier alpha value is -2.40. The summed E-state index contributed by atoms with van der Waals surface area (Å²) in [6.45, 7) is -0.918. The summed E-state index contributed by atoms with van der Waals surface area (Å²) >= 11 is 1.35. The molecule has 2 aromatic rings. The van der Waals surface area contributed by atoms with E-state index in [4.69, 9.17) is 11.0 Å². The van der Waals surface area contributed by atoms with Crippen LogP contribution in [0.2, 0.25) is 0 Å². The van der Waals surface area contributed by atoms with Crippen molar-refractivity contribution in [2.24, 2.45) is 0 Å². The first kappa shape index (κ1) is 16.0. The van der Waals surface area contributed by atoms with Crippen LogP contribution in [0.3, 0.4) is 0 Å². The van der Waals surface area contributed by atoms with Gasteiger partial charge in [0.2, 0.25) is 0 Å². The maximum Gasteiger partial charge on any atom is 0.387 e. The van der Waals surface area contributed by atoms with Crippen LogP contribution in [0.1, 0.15) is 23.3 Å². The lowest BCUT2D eigenvalue weighted by atomic mass is 10.2. The van der Waals surface area contributed by atoms with Crippen LogP contribution in [-0.4, -0.2) is 16.6 Å². The number of nitrogens with zero attached hydrogens (tertiary/aromatic N) is 3. The summed E-state index contributed by atoms with van der Waals surface area (Å²) in [5, 5.41) is 9.20. The van der Waals surface area contributed by atoms with Gasteiger partial charge in [0.25, 0.3) is 0 Å². The van der Waals surface area contributed by atoms with Crippen molar-refractivity contribution in [1.29, 1.82) is 5.26 Å². The largest absolute Gasteiger partial charge is 0.435 e. The quantitative estimate of drug-likeness (QED) is 0.671. The lowest BCUT2D eigenvalue weighted by molar-refractivity contribution is -0.0498. The number of hydrogen-bond donors (Lipinski definition) is 1. The maximum atomic E-state index is 12.1. The Morgan fingerprint density at radius 1 is 1.32 bits per heavy atom. The maximum absolute atomic E-state index is 12.1. The molecule has 2 N–H and O–H groups in total. The zero-order chi connectivity index (χ0) is 16.1. The molecule has 8 heteroatoms. The topological polar surface area (TPSA) is 84.8 Å². The monoisotopic (exact) mass is 322 g/mol. The second-order valence-electron chi connectivity index (χ2n) is 4.27. The highest BCUT2D eigenvalue weighted by Crippen LogP contribution is 2.33. The van der Waals surface area contributed by atoms with Gasteiger partial charge in [-0.2, -0.15) is 14.0 Å². The number of benzene rings is 1. The van der Waals surface area contributed by atoms with Crippen LogP contribution in [0.5, 0.6) is 5.75 Å². The minimum Gasteiger partial charge on any atom is -0.435 e. The highest BCUT2D eigenvalue weighted by Gasteiger charge is 2.12. The number of hydrogen-bond acceptors (Lipinski definition) is 6. The summed E-state index contributed by atoms with van der Waals surface area (Å²) in [5.41, 5.74) is 6.77. The van der Waals surface area contributed by atoms with Gasteiger partial charge in [0.15, 0.2) is 5.16 Å². The fraction of sp³-hybridized carbons (Fsp3) is 0.214. The van der Waals surface area contributed by atoms with E-state index in [1.54, 1.807) is 12.1 Å². The van der Waals surface area contributed by atoms with Crippen LogP contribution in [0, 0.1) is 11.3 Å². The van der Waals surface area contributed by atoms with Gasteiger partial charge in [-0.1, -0.05) is 23.9 Å². The molecule has 0 aliphatic heterocycles. The third-order valence-electron chi connectivity index (χ3n) is 2.77.